The molecule has 0 aliphatic carbocycles. The molecule has 1 aromatic rings. The van der Waals surface area contributed by atoms with Gasteiger partial charge in [-0.2, -0.15) is 0 Å². The van der Waals surface area contributed by atoms with Gasteiger partial charge in [0.05, 0.1) is 6.04 Å². The lowest BCUT2D eigenvalue weighted by molar-refractivity contribution is 0.215. The molecule has 1 fully saturated rings. The highest BCUT2D eigenvalue weighted by molar-refractivity contribution is 5.77. The number of nitrogens with one attached hydrogen (secondary N) is 1. The van der Waals surface area contributed by atoms with Gasteiger partial charge in [-0.25, -0.2) is 4.79 Å². The first-order valence-corrected chi connectivity index (χ1v) is 6.77. The number of carbonyl (C=O) groups is 1. The lowest BCUT2D eigenvalue weighted by Gasteiger charge is -2.19. The van der Waals surface area contributed by atoms with Crippen LogP contribution in [0.4, 0.5) is 4.79 Å². The molecule has 104 valence electrons. The quantitative estimate of drug-likeness (QED) is 0.874. The molecule has 0 bridgehead atoms. The van der Waals surface area contributed by atoms with Gasteiger partial charge in [0, 0.05) is 19.1 Å². The number of amides is 2. The molecule has 2 unspecified atom stereocenters. The number of nitrogens with two attached hydrogens (primary N) is 1. The fraction of sp³-hybridized carbons (Fsp3) is 0.533. The minimum Gasteiger partial charge on any atom is -0.329 e. The topological polar surface area (TPSA) is 58.4 Å². The third-order valence-electron chi connectivity index (χ3n) is 3.58. The first kappa shape index (κ1) is 13.9. The van der Waals surface area contributed by atoms with Gasteiger partial charge in [-0.1, -0.05) is 17.7 Å². The van der Waals surface area contributed by atoms with Gasteiger partial charge >= 0.3 is 6.03 Å². The van der Waals surface area contributed by atoms with E-state index in [1.54, 1.807) is 4.90 Å². The van der Waals surface area contributed by atoms with Crippen molar-refractivity contribution >= 4 is 6.03 Å². The molecule has 0 saturated carbocycles. The van der Waals surface area contributed by atoms with Gasteiger partial charge < -0.3 is 16.0 Å². The molecule has 3 N–H and O–H groups in total. The maximum absolute atomic E-state index is 11.9. The Labute approximate surface area is 115 Å². The Morgan fingerprint density at radius 2 is 1.95 bits per heavy atom. The van der Waals surface area contributed by atoms with Crippen LogP contribution >= 0.6 is 0 Å². The lowest BCUT2D eigenvalue weighted by atomic mass is 9.94. The van der Waals surface area contributed by atoms with E-state index in [0.29, 0.717) is 13.1 Å². The van der Waals surface area contributed by atoms with Crippen LogP contribution in [-0.4, -0.2) is 30.1 Å². The number of urea groups is 1. The Hall–Kier alpha value is -1.55. The summed E-state index contributed by atoms with van der Waals surface area (Å²) in [5.74, 6) is 0. The molecule has 0 aromatic heterocycles. The van der Waals surface area contributed by atoms with Gasteiger partial charge in [0.1, 0.15) is 0 Å². The zero-order valence-corrected chi connectivity index (χ0v) is 12.2. The second-order valence-corrected chi connectivity index (χ2v) is 5.70. The summed E-state index contributed by atoms with van der Waals surface area (Å²) in [7, 11) is 0. The van der Waals surface area contributed by atoms with Crippen LogP contribution in [0.3, 0.4) is 0 Å². The Bertz CT molecular complexity index is 473. The summed E-state index contributed by atoms with van der Waals surface area (Å²) in [6.45, 7) is 9.53. The third-order valence-corrected chi connectivity index (χ3v) is 3.58. The smallest absolute Gasteiger partial charge is 0.318 e. The SMILES string of the molecule is Cc1cc(C)c(C2CN(CC(C)N)C(=O)N2)c(C)c1. The van der Waals surface area contributed by atoms with E-state index in [4.69, 9.17) is 5.73 Å². The second kappa shape index (κ2) is 5.21. The molecule has 2 atom stereocenters. The molecule has 4 heteroatoms. The maximum Gasteiger partial charge on any atom is 0.318 e. The predicted molar refractivity (Wildman–Crippen MR) is 77.1 cm³/mol. The molecule has 19 heavy (non-hydrogen) atoms. The lowest BCUT2D eigenvalue weighted by Crippen LogP contribution is -2.37. The van der Waals surface area contributed by atoms with Gasteiger partial charge in [0.15, 0.2) is 0 Å². The summed E-state index contributed by atoms with van der Waals surface area (Å²) in [4.78, 5) is 13.7. The minimum atomic E-state index is -0.0123. The van der Waals surface area contributed by atoms with Crippen molar-refractivity contribution in [2.45, 2.75) is 39.8 Å². The molecular formula is C15H23N3O. The van der Waals surface area contributed by atoms with Crippen molar-refractivity contribution in [2.75, 3.05) is 13.1 Å². The van der Waals surface area contributed by atoms with Crippen molar-refractivity contribution in [3.8, 4) is 0 Å². The fourth-order valence-corrected chi connectivity index (χ4v) is 3.00. The van der Waals surface area contributed by atoms with Crippen LogP contribution in [0.15, 0.2) is 12.1 Å². The standard InChI is InChI=1S/C15H23N3O/c1-9-5-10(2)14(11(3)6-9)13-8-18(7-12(4)16)15(19)17-13/h5-6,12-13H,7-8,16H2,1-4H3,(H,17,19). The highest BCUT2D eigenvalue weighted by Crippen LogP contribution is 2.27. The van der Waals surface area contributed by atoms with Crippen molar-refractivity contribution in [2.24, 2.45) is 5.73 Å². The largest absolute Gasteiger partial charge is 0.329 e. The predicted octanol–water partition coefficient (Wildman–Crippen LogP) is 2.03. The Morgan fingerprint density at radius 1 is 1.37 bits per heavy atom. The molecule has 1 aliphatic rings. The summed E-state index contributed by atoms with van der Waals surface area (Å²) >= 11 is 0. The number of aryl methyl sites for hydroxylation is 3. The summed E-state index contributed by atoms with van der Waals surface area (Å²) in [5, 5.41) is 3.06. The Morgan fingerprint density at radius 3 is 2.47 bits per heavy atom. The average Bonchev–Trinajstić information content (AvgIpc) is 2.57. The molecule has 1 aromatic carbocycles. The van der Waals surface area contributed by atoms with Gasteiger partial charge in [-0.05, 0) is 44.4 Å². The maximum atomic E-state index is 11.9. The van der Waals surface area contributed by atoms with Crippen LogP contribution in [0, 0.1) is 20.8 Å². The average molecular weight is 261 g/mol. The minimum absolute atomic E-state index is 0.00436. The summed E-state index contributed by atoms with van der Waals surface area (Å²) in [6.07, 6.45) is 0. The van der Waals surface area contributed by atoms with E-state index in [-0.39, 0.29) is 18.1 Å². The zero-order valence-electron chi connectivity index (χ0n) is 12.2. The highest BCUT2D eigenvalue weighted by atomic mass is 16.2. The van der Waals surface area contributed by atoms with E-state index in [0.717, 1.165) is 0 Å². The van der Waals surface area contributed by atoms with E-state index >= 15 is 0 Å². The van der Waals surface area contributed by atoms with Gasteiger partial charge in [0.25, 0.3) is 0 Å². The normalized spacial score (nSPS) is 20.6. The summed E-state index contributed by atoms with van der Waals surface area (Å²) in [6, 6.07) is 4.41. The van der Waals surface area contributed by atoms with Crippen molar-refractivity contribution < 1.29 is 4.79 Å². The van der Waals surface area contributed by atoms with Crippen LogP contribution in [0.5, 0.6) is 0 Å². The monoisotopic (exact) mass is 261 g/mol. The molecule has 1 aliphatic heterocycles. The molecule has 2 amide bonds. The highest BCUT2D eigenvalue weighted by Gasteiger charge is 2.31. The van der Waals surface area contributed by atoms with E-state index in [2.05, 4.69) is 38.2 Å². The van der Waals surface area contributed by atoms with E-state index in [1.807, 2.05) is 6.92 Å². The molecule has 0 radical (unpaired) electrons. The molecule has 1 heterocycles. The Kier molecular flexibility index (Phi) is 3.80. The van der Waals surface area contributed by atoms with E-state index in [9.17, 15) is 4.79 Å². The van der Waals surface area contributed by atoms with Gasteiger partial charge in [0.2, 0.25) is 0 Å². The number of carbonyl (C=O) groups excluding carboxylic acids is 1. The van der Waals surface area contributed by atoms with Gasteiger partial charge in [-0.3, -0.25) is 0 Å². The number of hydrogen-bond acceptors (Lipinski definition) is 2. The van der Waals surface area contributed by atoms with Crippen molar-refractivity contribution in [1.29, 1.82) is 0 Å². The van der Waals surface area contributed by atoms with Crippen LogP contribution in [0.25, 0.3) is 0 Å². The van der Waals surface area contributed by atoms with E-state index in [1.165, 1.54) is 22.3 Å². The van der Waals surface area contributed by atoms with Crippen molar-refractivity contribution in [3.63, 3.8) is 0 Å². The summed E-state index contributed by atoms with van der Waals surface area (Å²) < 4.78 is 0. The van der Waals surface area contributed by atoms with Gasteiger partial charge in [-0.15, -0.1) is 0 Å². The fourth-order valence-electron chi connectivity index (χ4n) is 3.00. The number of rotatable bonds is 3. The molecule has 1 saturated heterocycles. The Balaban J connectivity index is 2.23. The van der Waals surface area contributed by atoms with Crippen LogP contribution in [-0.2, 0) is 0 Å². The first-order chi connectivity index (χ1) is 8.88. The molecular weight excluding hydrogens is 238 g/mol. The van der Waals surface area contributed by atoms with Crippen molar-refractivity contribution in [3.05, 3.63) is 34.4 Å². The first-order valence-electron chi connectivity index (χ1n) is 6.77. The molecule has 4 nitrogen and oxygen atoms in total. The van der Waals surface area contributed by atoms with Crippen molar-refractivity contribution in [1.82, 2.24) is 10.2 Å². The van der Waals surface area contributed by atoms with Crippen LogP contribution in [0.2, 0.25) is 0 Å². The molecule has 0 spiro atoms. The number of nitrogens with zero attached hydrogens (tertiary/aromatic N) is 1. The number of hydrogen-bond donors (Lipinski definition) is 2. The third kappa shape index (κ3) is 2.89. The second-order valence-electron chi connectivity index (χ2n) is 5.70. The van der Waals surface area contributed by atoms with E-state index < -0.39 is 0 Å². The number of benzene rings is 1. The summed E-state index contributed by atoms with van der Waals surface area (Å²) in [5.41, 5.74) is 10.8. The van der Waals surface area contributed by atoms with Crippen LogP contribution < -0.4 is 11.1 Å². The zero-order chi connectivity index (χ0) is 14.2. The van der Waals surface area contributed by atoms with Crippen LogP contribution in [0.1, 0.15) is 35.2 Å². The molecule has 2 rings (SSSR count).